The Morgan fingerprint density at radius 1 is 0.909 bits per heavy atom. The lowest BCUT2D eigenvalue weighted by Crippen LogP contribution is -2.24. The number of nitrogens with one attached hydrogen (secondary N) is 1. The lowest BCUT2D eigenvalue weighted by atomic mass is 10.1. The molecule has 1 aromatic heterocycles. The number of thioether (sulfide) groups is 1. The van der Waals surface area contributed by atoms with Crippen LogP contribution in [0, 0.1) is 0 Å². The summed E-state index contributed by atoms with van der Waals surface area (Å²) < 4.78 is 7.36. The number of hydrogen-bond acceptors (Lipinski definition) is 5. The number of aromatic nitrogens is 3. The minimum atomic E-state index is -0.0348. The van der Waals surface area contributed by atoms with Gasteiger partial charge in [0.05, 0.1) is 12.9 Å². The maximum atomic E-state index is 12.4. The predicted octanol–water partition coefficient (Wildman–Crippen LogP) is 4.60. The van der Waals surface area contributed by atoms with E-state index in [4.69, 9.17) is 4.74 Å². The average Bonchev–Trinajstić information content (AvgIpc) is 3.29. The first-order valence-electron chi connectivity index (χ1n) is 10.8. The van der Waals surface area contributed by atoms with Gasteiger partial charge >= 0.3 is 0 Å². The van der Waals surface area contributed by atoms with Crippen LogP contribution in [0.4, 0.5) is 0 Å². The monoisotopic (exact) mass is 458 g/mol. The first kappa shape index (κ1) is 22.6. The Morgan fingerprint density at radius 2 is 1.58 bits per heavy atom. The second-order valence-electron chi connectivity index (χ2n) is 7.47. The van der Waals surface area contributed by atoms with E-state index in [2.05, 4.69) is 32.2 Å². The molecule has 7 heteroatoms. The van der Waals surface area contributed by atoms with Crippen LogP contribution in [-0.2, 0) is 24.3 Å². The number of nitrogens with zero attached hydrogens (tertiary/aromatic N) is 3. The Balaban J connectivity index is 1.47. The highest BCUT2D eigenvalue weighted by atomic mass is 32.2. The number of benzene rings is 3. The zero-order chi connectivity index (χ0) is 22.9. The number of aryl methyl sites for hydroxylation is 1. The Labute approximate surface area is 198 Å². The van der Waals surface area contributed by atoms with Crippen LogP contribution in [0.2, 0.25) is 0 Å². The van der Waals surface area contributed by atoms with Crippen LogP contribution in [0.1, 0.15) is 11.1 Å². The number of methoxy groups -OCH3 is 1. The molecule has 0 aliphatic rings. The first-order valence-corrected chi connectivity index (χ1v) is 11.8. The maximum absolute atomic E-state index is 12.4. The van der Waals surface area contributed by atoms with Gasteiger partial charge in [-0.3, -0.25) is 4.79 Å². The zero-order valence-electron chi connectivity index (χ0n) is 18.5. The summed E-state index contributed by atoms with van der Waals surface area (Å²) in [5.41, 5.74) is 3.27. The first-order chi connectivity index (χ1) is 16.2. The van der Waals surface area contributed by atoms with Crippen molar-refractivity contribution in [2.24, 2.45) is 0 Å². The van der Waals surface area contributed by atoms with Crippen LogP contribution < -0.4 is 10.1 Å². The standard InChI is InChI=1S/C26H26N4O2S/c1-32-23-14-12-22(13-15-23)25-28-29-26(30(25)17-16-20-8-4-2-5-9-20)33-19-24(31)27-18-21-10-6-3-7-11-21/h2-15H,16-19H2,1H3,(H,27,31). The molecular weight excluding hydrogens is 432 g/mol. The van der Waals surface area contributed by atoms with Crippen LogP contribution in [0.25, 0.3) is 11.4 Å². The van der Waals surface area contributed by atoms with Crippen LogP contribution in [0.15, 0.2) is 90.1 Å². The summed E-state index contributed by atoms with van der Waals surface area (Å²) in [4.78, 5) is 12.4. The van der Waals surface area contributed by atoms with Crippen molar-refractivity contribution in [3.05, 3.63) is 96.1 Å². The van der Waals surface area contributed by atoms with Gasteiger partial charge in [-0.05, 0) is 41.8 Å². The Kier molecular flexibility index (Phi) is 7.76. The maximum Gasteiger partial charge on any atom is 0.230 e. The highest BCUT2D eigenvalue weighted by molar-refractivity contribution is 7.99. The van der Waals surface area contributed by atoms with Gasteiger partial charge in [0, 0.05) is 18.7 Å². The van der Waals surface area contributed by atoms with Crippen molar-refractivity contribution in [3.63, 3.8) is 0 Å². The average molecular weight is 459 g/mol. The molecule has 0 fully saturated rings. The number of amides is 1. The highest BCUT2D eigenvalue weighted by Gasteiger charge is 2.16. The predicted molar refractivity (Wildman–Crippen MR) is 131 cm³/mol. The number of rotatable bonds is 10. The largest absolute Gasteiger partial charge is 0.497 e. The molecule has 0 bridgehead atoms. The highest BCUT2D eigenvalue weighted by Crippen LogP contribution is 2.26. The topological polar surface area (TPSA) is 69.0 Å². The molecule has 168 valence electrons. The van der Waals surface area contributed by atoms with Gasteiger partial charge in [0.25, 0.3) is 0 Å². The molecule has 1 amide bonds. The van der Waals surface area contributed by atoms with Crippen LogP contribution in [0.5, 0.6) is 5.75 Å². The van der Waals surface area contributed by atoms with Gasteiger partial charge in [-0.1, -0.05) is 72.4 Å². The summed E-state index contributed by atoms with van der Waals surface area (Å²) >= 11 is 1.40. The molecule has 1 N–H and O–H groups in total. The molecule has 1 heterocycles. The van der Waals surface area contributed by atoms with Gasteiger partial charge < -0.3 is 14.6 Å². The summed E-state index contributed by atoms with van der Waals surface area (Å²) in [7, 11) is 1.65. The van der Waals surface area contributed by atoms with Gasteiger partial charge in [0.15, 0.2) is 11.0 Å². The Bertz CT molecular complexity index is 1160. The van der Waals surface area contributed by atoms with Crippen LogP contribution in [0.3, 0.4) is 0 Å². The molecule has 0 spiro atoms. The fourth-order valence-electron chi connectivity index (χ4n) is 3.41. The molecular formula is C26H26N4O2S. The number of carbonyl (C=O) groups excluding carboxylic acids is 1. The quantitative estimate of drug-likeness (QED) is 0.352. The summed E-state index contributed by atoms with van der Waals surface area (Å²) in [6.07, 6.45) is 0.843. The summed E-state index contributed by atoms with van der Waals surface area (Å²) in [5, 5.41) is 12.5. The minimum absolute atomic E-state index is 0.0348. The molecule has 0 saturated heterocycles. The van der Waals surface area contributed by atoms with Crippen molar-refractivity contribution in [2.75, 3.05) is 12.9 Å². The molecule has 4 rings (SSSR count). The Hall–Kier alpha value is -3.58. The fraction of sp³-hybridized carbons (Fsp3) is 0.192. The van der Waals surface area contributed by atoms with Crippen molar-refractivity contribution >= 4 is 17.7 Å². The molecule has 6 nitrogen and oxygen atoms in total. The van der Waals surface area contributed by atoms with E-state index in [-0.39, 0.29) is 11.7 Å². The van der Waals surface area contributed by atoms with E-state index >= 15 is 0 Å². The lowest BCUT2D eigenvalue weighted by Gasteiger charge is -2.11. The summed E-state index contributed by atoms with van der Waals surface area (Å²) in [5.74, 6) is 1.81. The molecule has 0 radical (unpaired) electrons. The van der Waals surface area contributed by atoms with E-state index < -0.39 is 0 Å². The molecule has 3 aromatic carbocycles. The molecule has 0 aliphatic carbocycles. The molecule has 33 heavy (non-hydrogen) atoms. The molecule has 0 unspecified atom stereocenters. The van der Waals surface area contributed by atoms with Gasteiger partial charge in [0.2, 0.25) is 5.91 Å². The molecule has 0 saturated carbocycles. The van der Waals surface area contributed by atoms with E-state index in [0.717, 1.165) is 34.3 Å². The minimum Gasteiger partial charge on any atom is -0.497 e. The normalized spacial score (nSPS) is 10.7. The second-order valence-corrected chi connectivity index (χ2v) is 8.42. The van der Waals surface area contributed by atoms with E-state index in [1.54, 1.807) is 7.11 Å². The SMILES string of the molecule is COc1ccc(-c2nnc(SCC(=O)NCc3ccccc3)n2CCc2ccccc2)cc1. The van der Waals surface area contributed by atoms with Crippen molar-refractivity contribution < 1.29 is 9.53 Å². The third-order valence-corrected chi connectivity index (χ3v) is 6.16. The third kappa shape index (κ3) is 6.23. The number of ether oxygens (including phenoxy) is 1. The summed E-state index contributed by atoms with van der Waals surface area (Å²) in [6.45, 7) is 1.23. The van der Waals surface area contributed by atoms with E-state index in [9.17, 15) is 4.79 Å². The Morgan fingerprint density at radius 3 is 2.24 bits per heavy atom. The van der Waals surface area contributed by atoms with Crippen molar-refractivity contribution in [2.45, 2.75) is 24.7 Å². The van der Waals surface area contributed by atoms with E-state index in [1.165, 1.54) is 17.3 Å². The van der Waals surface area contributed by atoms with Crippen molar-refractivity contribution in [1.82, 2.24) is 20.1 Å². The van der Waals surface area contributed by atoms with E-state index in [0.29, 0.717) is 13.1 Å². The fourth-order valence-corrected chi connectivity index (χ4v) is 4.21. The third-order valence-electron chi connectivity index (χ3n) is 5.20. The second kappa shape index (κ2) is 11.3. The van der Waals surface area contributed by atoms with Gasteiger partial charge in [-0.25, -0.2) is 0 Å². The molecule has 0 atom stereocenters. The number of hydrogen-bond donors (Lipinski definition) is 1. The van der Waals surface area contributed by atoms with Crippen LogP contribution in [-0.4, -0.2) is 33.5 Å². The summed E-state index contributed by atoms with van der Waals surface area (Å²) in [6, 6.07) is 28.0. The lowest BCUT2D eigenvalue weighted by molar-refractivity contribution is -0.118. The number of carbonyl (C=O) groups is 1. The van der Waals surface area contributed by atoms with Crippen molar-refractivity contribution in [1.29, 1.82) is 0 Å². The molecule has 4 aromatic rings. The van der Waals surface area contributed by atoms with Gasteiger partial charge in [-0.2, -0.15) is 0 Å². The van der Waals surface area contributed by atoms with Crippen LogP contribution >= 0.6 is 11.8 Å². The van der Waals surface area contributed by atoms with Crippen molar-refractivity contribution in [3.8, 4) is 17.1 Å². The zero-order valence-corrected chi connectivity index (χ0v) is 19.3. The van der Waals surface area contributed by atoms with E-state index in [1.807, 2.05) is 72.8 Å². The molecule has 0 aliphatic heterocycles. The smallest absolute Gasteiger partial charge is 0.230 e. The van der Waals surface area contributed by atoms with Gasteiger partial charge in [0.1, 0.15) is 5.75 Å². The van der Waals surface area contributed by atoms with Gasteiger partial charge in [-0.15, -0.1) is 10.2 Å².